The first-order chi connectivity index (χ1) is 18.9. The summed E-state index contributed by atoms with van der Waals surface area (Å²) in [6.45, 7) is 5.62. The first kappa shape index (κ1) is 24.8. The van der Waals surface area contributed by atoms with Crippen LogP contribution in [0.3, 0.4) is 0 Å². The van der Waals surface area contributed by atoms with Crippen LogP contribution in [0.5, 0.6) is 0 Å². The first-order valence-corrected chi connectivity index (χ1v) is 13.0. The number of fused-ring (bicyclic) bond motifs is 2. The molecule has 1 saturated heterocycles. The highest BCUT2D eigenvalue weighted by Crippen LogP contribution is 2.37. The van der Waals surface area contributed by atoms with E-state index in [0.717, 1.165) is 22.3 Å². The molecule has 4 aromatic heterocycles. The van der Waals surface area contributed by atoms with Crippen molar-refractivity contribution < 1.29 is 4.39 Å². The van der Waals surface area contributed by atoms with Gasteiger partial charge in [0.25, 0.3) is 5.56 Å². The number of piperazine rings is 1. The Kier molecular flexibility index (Phi) is 6.12. The lowest BCUT2D eigenvalue weighted by atomic mass is 9.94. The molecule has 1 aliphatic rings. The number of benzene rings is 1. The van der Waals surface area contributed by atoms with E-state index >= 15 is 0 Å². The van der Waals surface area contributed by atoms with Crippen LogP contribution in [0.15, 0.2) is 77.9 Å². The molecule has 0 bridgehead atoms. The number of anilines is 1. The average molecular weight is 522 g/mol. The molecule has 0 aliphatic carbocycles. The van der Waals surface area contributed by atoms with Crippen molar-refractivity contribution in [1.82, 2.24) is 24.1 Å². The number of pyridine rings is 3. The number of nitriles is 1. The molecule has 1 aliphatic heterocycles. The molecule has 1 fully saturated rings. The number of hydrogen-bond acceptors (Lipinski definition) is 6. The van der Waals surface area contributed by atoms with Crippen LogP contribution in [0.4, 0.5) is 10.1 Å². The zero-order valence-corrected chi connectivity index (χ0v) is 22.0. The van der Waals surface area contributed by atoms with Gasteiger partial charge in [0.05, 0.1) is 29.0 Å². The molecule has 0 radical (unpaired) electrons. The highest BCUT2D eigenvalue weighted by molar-refractivity contribution is 5.89. The van der Waals surface area contributed by atoms with Gasteiger partial charge >= 0.3 is 0 Å². The third kappa shape index (κ3) is 4.23. The summed E-state index contributed by atoms with van der Waals surface area (Å²) >= 11 is 0. The second-order valence-corrected chi connectivity index (χ2v) is 10.2. The van der Waals surface area contributed by atoms with Crippen molar-refractivity contribution in [3.63, 3.8) is 0 Å². The third-order valence-corrected chi connectivity index (χ3v) is 7.80. The summed E-state index contributed by atoms with van der Waals surface area (Å²) < 4.78 is 17.3. The summed E-state index contributed by atoms with van der Waals surface area (Å²) in [4.78, 5) is 22.1. The molecule has 0 amide bonds. The molecule has 39 heavy (non-hydrogen) atoms. The van der Waals surface area contributed by atoms with Crippen LogP contribution < -0.4 is 10.5 Å². The van der Waals surface area contributed by atoms with Crippen molar-refractivity contribution in [2.45, 2.75) is 32.0 Å². The second kappa shape index (κ2) is 9.64. The van der Waals surface area contributed by atoms with E-state index in [-0.39, 0.29) is 29.5 Å². The first-order valence-electron chi connectivity index (χ1n) is 13.0. The van der Waals surface area contributed by atoms with Gasteiger partial charge in [0.1, 0.15) is 23.1 Å². The van der Waals surface area contributed by atoms with Crippen molar-refractivity contribution >= 4 is 22.2 Å². The van der Waals surface area contributed by atoms with Crippen molar-refractivity contribution in [2.24, 2.45) is 7.05 Å². The Labute approximate surface area is 225 Å². The molecular weight excluding hydrogens is 493 g/mol. The number of aryl methyl sites for hydroxylation is 1. The van der Waals surface area contributed by atoms with Gasteiger partial charge in [-0.1, -0.05) is 18.2 Å². The average Bonchev–Trinajstić information content (AvgIpc) is 3.37. The lowest BCUT2D eigenvalue weighted by Crippen LogP contribution is -2.57. The number of nitrogens with zero attached hydrogens (tertiary/aromatic N) is 7. The fraction of sp³-hybridized carbons (Fsp3) is 0.267. The van der Waals surface area contributed by atoms with Crippen molar-refractivity contribution in [3.05, 3.63) is 106 Å². The summed E-state index contributed by atoms with van der Waals surface area (Å²) in [6, 6.07) is 19.8. The standard InChI is InChI=1S/C30H28FN7O/c1-19-18-37(30(21-7-9-22(31)10-8-21)24-16-33-38-13-5-4-6-25(24)38)20(2)17-36(19)27-14-28(39)35(3)26-12-11-23(15-32)34-29(26)27/h4-14,16,19-20,30H,17-18H2,1-3H3/t19-,20+,30?/m0/s1. The van der Waals surface area contributed by atoms with E-state index in [9.17, 15) is 14.4 Å². The molecule has 5 heterocycles. The van der Waals surface area contributed by atoms with Crippen LogP contribution in [-0.2, 0) is 7.05 Å². The molecule has 9 heteroatoms. The molecule has 196 valence electrons. The van der Waals surface area contributed by atoms with Gasteiger partial charge < -0.3 is 9.47 Å². The lowest BCUT2D eigenvalue weighted by molar-refractivity contribution is 0.130. The van der Waals surface area contributed by atoms with E-state index in [4.69, 9.17) is 0 Å². The summed E-state index contributed by atoms with van der Waals surface area (Å²) in [6.07, 6.45) is 3.82. The Morgan fingerprint density at radius 2 is 1.82 bits per heavy atom. The van der Waals surface area contributed by atoms with E-state index in [1.54, 1.807) is 29.8 Å². The lowest BCUT2D eigenvalue weighted by Gasteiger charge is -2.48. The van der Waals surface area contributed by atoms with Gasteiger partial charge in [-0.05, 0) is 55.8 Å². The second-order valence-electron chi connectivity index (χ2n) is 10.2. The molecule has 0 saturated carbocycles. The zero-order valence-electron chi connectivity index (χ0n) is 22.0. The Bertz CT molecular complexity index is 1790. The van der Waals surface area contributed by atoms with Crippen LogP contribution >= 0.6 is 0 Å². The van der Waals surface area contributed by atoms with Gasteiger partial charge in [0.15, 0.2) is 0 Å². The van der Waals surface area contributed by atoms with Crippen LogP contribution in [-0.4, -0.2) is 49.2 Å². The van der Waals surface area contributed by atoms with E-state index in [0.29, 0.717) is 29.8 Å². The van der Waals surface area contributed by atoms with Crippen LogP contribution in [0.1, 0.15) is 36.7 Å². The zero-order chi connectivity index (χ0) is 27.3. The smallest absolute Gasteiger partial charge is 0.252 e. The molecule has 5 aromatic rings. The maximum atomic E-state index is 13.9. The van der Waals surface area contributed by atoms with E-state index in [2.05, 4.69) is 39.8 Å². The summed E-state index contributed by atoms with van der Waals surface area (Å²) in [5.74, 6) is -0.273. The largest absolute Gasteiger partial charge is 0.364 e. The van der Waals surface area contributed by atoms with Gasteiger partial charge in [-0.15, -0.1) is 0 Å². The molecule has 1 unspecified atom stereocenters. The van der Waals surface area contributed by atoms with E-state index in [1.807, 2.05) is 47.2 Å². The highest BCUT2D eigenvalue weighted by atomic mass is 19.1. The Morgan fingerprint density at radius 3 is 2.59 bits per heavy atom. The van der Waals surface area contributed by atoms with Gasteiger partial charge in [-0.25, -0.2) is 13.9 Å². The molecule has 1 aromatic carbocycles. The summed E-state index contributed by atoms with van der Waals surface area (Å²) in [7, 11) is 1.72. The molecular formula is C30H28FN7O. The number of rotatable bonds is 4. The van der Waals surface area contributed by atoms with E-state index in [1.165, 1.54) is 12.1 Å². The predicted octanol–water partition coefficient (Wildman–Crippen LogP) is 4.28. The van der Waals surface area contributed by atoms with Crippen LogP contribution in [0, 0.1) is 17.1 Å². The van der Waals surface area contributed by atoms with Gasteiger partial charge in [-0.2, -0.15) is 10.4 Å². The summed E-state index contributed by atoms with van der Waals surface area (Å²) in [5, 5.41) is 14.1. The third-order valence-electron chi connectivity index (χ3n) is 7.80. The number of aromatic nitrogens is 4. The van der Waals surface area contributed by atoms with E-state index < -0.39 is 0 Å². The van der Waals surface area contributed by atoms with Gasteiger partial charge in [-0.3, -0.25) is 9.69 Å². The fourth-order valence-electron chi connectivity index (χ4n) is 5.80. The molecule has 0 spiro atoms. The van der Waals surface area contributed by atoms with Gasteiger partial charge in [0.2, 0.25) is 0 Å². The monoisotopic (exact) mass is 521 g/mol. The topological polar surface area (TPSA) is 82.5 Å². The normalized spacial score (nSPS) is 18.9. The van der Waals surface area contributed by atoms with Gasteiger partial charge in [0, 0.05) is 50.0 Å². The minimum atomic E-state index is -0.273. The van der Waals surface area contributed by atoms with Crippen LogP contribution in [0.2, 0.25) is 0 Å². The Morgan fingerprint density at radius 1 is 1.03 bits per heavy atom. The summed E-state index contributed by atoms with van der Waals surface area (Å²) in [5.41, 5.74) is 5.29. The minimum absolute atomic E-state index is 0.0221. The van der Waals surface area contributed by atoms with Crippen molar-refractivity contribution in [2.75, 3.05) is 18.0 Å². The fourth-order valence-corrected chi connectivity index (χ4v) is 5.80. The maximum absolute atomic E-state index is 13.9. The number of hydrogen-bond donors (Lipinski definition) is 0. The molecule has 8 nitrogen and oxygen atoms in total. The minimum Gasteiger partial charge on any atom is -0.364 e. The Balaban J connectivity index is 1.43. The van der Waals surface area contributed by atoms with Crippen molar-refractivity contribution in [1.29, 1.82) is 5.26 Å². The quantitative estimate of drug-likeness (QED) is 0.351. The molecule has 6 rings (SSSR count). The molecule has 3 atom stereocenters. The Hall–Kier alpha value is -4.55. The SMILES string of the molecule is C[C@@H]1CN(c2cc(=O)n(C)c3ccc(C#N)nc23)[C@@H](C)CN1C(c1ccc(F)cc1)c1cnn2ccccc12. The molecule has 0 N–H and O–H groups in total. The predicted molar refractivity (Wildman–Crippen MR) is 148 cm³/mol. The number of halogens is 1. The highest BCUT2D eigenvalue weighted by Gasteiger charge is 2.37. The van der Waals surface area contributed by atoms with Crippen molar-refractivity contribution in [3.8, 4) is 6.07 Å². The maximum Gasteiger partial charge on any atom is 0.252 e. The van der Waals surface area contributed by atoms with Crippen LogP contribution in [0.25, 0.3) is 16.6 Å².